The molecule has 0 rings (SSSR count). The Morgan fingerprint density at radius 2 is 0.465 bits per heavy atom. The van der Waals surface area contributed by atoms with Crippen LogP contribution in [0.4, 0.5) is 0 Å². The van der Waals surface area contributed by atoms with Gasteiger partial charge in [0.2, 0.25) is 0 Å². The molecule has 0 radical (unpaired) electrons. The summed E-state index contributed by atoms with van der Waals surface area (Å²) in [5.74, 6) is -1.37. The van der Waals surface area contributed by atoms with Crippen LogP contribution >= 0.6 is 15.6 Å². The highest BCUT2D eigenvalue weighted by Crippen LogP contribution is 2.45. The van der Waals surface area contributed by atoms with Crippen LogP contribution in [0.2, 0.25) is 0 Å². The first kappa shape index (κ1) is 97.1. The molecule has 99 heavy (non-hydrogen) atoms. The van der Waals surface area contributed by atoms with Gasteiger partial charge in [-0.25, -0.2) is 9.13 Å². The van der Waals surface area contributed by atoms with E-state index >= 15 is 0 Å². The molecule has 0 aliphatic carbocycles. The summed E-state index contributed by atoms with van der Waals surface area (Å²) in [6, 6.07) is 0. The molecule has 0 aliphatic heterocycles. The van der Waals surface area contributed by atoms with Crippen molar-refractivity contribution >= 4 is 39.5 Å². The summed E-state index contributed by atoms with van der Waals surface area (Å²) in [5.41, 5.74) is 0. The summed E-state index contributed by atoms with van der Waals surface area (Å²) >= 11 is 0. The molecule has 0 aromatic rings. The molecule has 0 bridgehead atoms. The van der Waals surface area contributed by atoms with Crippen molar-refractivity contribution in [3.63, 3.8) is 0 Å². The van der Waals surface area contributed by atoms with E-state index in [1.807, 2.05) is 0 Å². The molecular formula is C80H156O17P2. The van der Waals surface area contributed by atoms with Gasteiger partial charge in [0, 0.05) is 25.7 Å². The number of aliphatic hydroxyl groups is 1. The number of hydrogen-bond acceptors (Lipinski definition) is 15. The van der Waals surface area contributed by atoms with Crippen molar-refractivity contribution in [1.29, 1.82) is 0 Å². The molecule has 0 aromatic heterocycles. The van der Waals surface area contributed by atoms with Gasteiger partial charge in [0.05, 0.1) is 26.4 Å². The molecule has 0 saturated carbocycles. The van der Waals surface area contributed by atoms with Gasteiger partial charge in [-0.1, -0.05) is 375 Å². The van der Waals surface area contributed by atoms with Gasteiger partial charge in [0.15, 0.2) is 12.2 Å². The molecule has 17 nitrogen and oxygen atoms in total. The minimum Gasteiger partial charge on any atom is -0.462 e. The van der Waals surface area contributed by atoms with Crippen LogP contribution in [0.15, 0.2) is 0 Å². The molecule has 5 atom stereocenters. The predicted molar refractivity (Wildman–Crippen MR) is 405 cm³/mol. The summed E-state index contributed by atoms with van der Waals surface area (Å²) in [4.78, 5) is 73.0. The van der Waals surface area contributed by atoms with Crippen LogP contribution in [0.5, 0.6) is 0 Å². The van der Waals surface area contributed by atoms with Crippen LogP contribution in [0.1, 0.15) is 426 Å². The first-order chi connectivity index (χ1) is 48.0. The van der Waals surface area contributed by atoms with Crippen LogP contribution in [-0.2, 0) is 65.4 Å². The van der Waals surface area contributed by atoms with Gasteiger partial charge in [-0.15, -0.1) is 0 Å². The van der Waals surface area contributed by atoms with Crippen molar-refractivity contribution in [2.45, 2.75) is 445 Å². The van der Waals surface area contributed by atoms with E-state index in [4.69, 9.17) is 37.0 Å². The largest absolute Gasteiger partial charge is 0.472 e. The SMILES string of the molecule is CCCCCCCCCCCCCCCCCCCCCCCC(=O)O[C@H](COC(=O)CCCCCCCCCCCCCCCC)COP(=O)(O)OC[C@@H](O)COP(=O)(O)OC[C@@H](COC(=O)CCCCCCCCCCCCCC)OC(=O)CCCCCCCCCCCC(C)C. The van der Waals surface area contributed by atoms with E-state index in [0.717, 1.165) is 95.8 Å². The average molecular weight is 1450 g/mol. The molecule has 0 saturated heterocycles. The van der Waals surface area contributed by atoms with Crippen molar-refractivity contribution in [3.05, 3.63) is 0 Å². The third-order valence-electron chi connectivity index (χ3n) is 18.8. The third kappa shape index (κ3) is 74.1. The van der Waals surface area contributed by atoms with Gasteiger partial charge in [0.25, 0.3) is 0 Å². The van der Waals surface area contributed by atoms with E-state index in [1.165, 1.54) is 250 Å². The van der Waals surface area contributed by atoms with E-state index in [9.17, 15) is 43.2 Å². The van der Waals surface area contributed by atoms with Crippen LogP contribution in [-0.4, -0.2) is 96.7 Å². The summed E-state index contributed by atoms with van der Waals surface area (Å²) in [6.07, 6.45) is 63.8. The van der Waals surface area contributed by atoms with Gasteiger partial charge in [0.1, 0.15) is 19.3 Å². The summed E-state index contributed by atoms with van der Waals surface area (Å²) < 4.78 is 68.7. The summed E-state index contributed by atoms with van der Waals surface area (Å²) in [7, 11) is -9.92. The van der Waals surface area contributed by atoms with Crippen molar-refractivity contribution < 1.29 is 80.2 Å². The zero-order chi connectivity index (χ0) is 72.7. The van der Waals surface area contributed by atoms with Crippen molar-refractivity contribution in [3.8, 4) is 0 Å². The van der Waals surface area contributed by atoms with E-state index in [2.05, 4.69) is 34.6 Å². The van der Waals surface area contributed by atoms with Crippen LogP contribution in [0.3, 0.4) is 0 Å². The highest BCUT2D eigenvalue weighted by atomic mass is 31.2. The van der Waals surface area contributed by atoms with E-state index in [-0.39, 0.29) is 25.7 Å². The Kier molecular flexibility index (Phi) is 71.6. The Balaban J connectivity index is 5.22. The molecule has 2 unspecified atom stereocenters. The second-order valence-electron chi connectivity index (χ2n) is 29.3. The number of phosphoric acid groups is 2. The minimum absolute atomic E-state index is 0.106. The molecule has 0 amide bonds. The molecule has 588 valence electrons. The second kappa shape index (κ2) is 73.0. The van der Waals surface area contributed by atoms with Gasteiger partial charge < -0.3 is 33.8 Å². The topological polar surface area (TPSA) is 237 Å². The fraction of sp³-hybridized carbons (Fsp3) is 0.950. The zero-order valence-corrected chi connectivity index (χ0v) is 66.4. The molecule has 0 aromatic carbocycles. The molecule has 0 spiro atoms. The Labute approximate surface area is 607 Å². The monoisotopic (exact) mass is 1450 g/mol. The minimum atomic E-state index is -4.96. The zero-order valence-electron chi connectivity index (χ0n) is 64.6. The van der Waals surface area contributed by atoms with Gasteiger partial charge >= 0.3 is 39.5 Å². The summed E-state index contributed by atoms with van der Waals surface area (Å²) in [6.45, 7) is 7.30. The maximum Gasteiger partial charge on any atom is 0.472 e. The van der Waals surface area contributed by atoms with Crippen molar-refractivity contribution in [1.82, 2.24) is 0 Å². The standard InChI is InChI=1S/C80H156O17P2/c1-6-9-12-15-18-21-24-27-29-30-31-32-33-34-35-37-40-45-50-55-60-65-79(84)96-75(69-91-78(83)64-59-54-49-44-39-36-28-25-22-19-16-13-10-7-2)71-94-98(86,87)92-67-74(81)68-93-99(88,89)95-72-76(97-80(85)66-61-56-51-46-41-42-47-52-57-62-73(4)5)70-90-77(82)63-58-53-48-43-38-26-23-20-17-14-11-8-3/h73-76,81H,6-72H2,1-5H3,(H,86,87)(H,88,89)/t74-,75-,76-/m1/s1. The molecule has 19 heteroatoms. The smallest absolute Gasteiger partial charge is 0.462 e. The Bertz CT molecular complexity index is 1890. The average Bonchev–Trinajstić information content (AvgIpc) is 2.07. The summed E-state index contributed by atoms with van der Waals surface area (Å²) in [5, 5.41) is 10.6. The fourth-order valence-corrected chi connectivity index (χ4v) is 14.0. The van der Waals surface area contributed by atoms with E-state index in [1.54, 1.807) is 0 Å². The number of esters is 4. The lowest BCUT2D eigenvalue weighted by Crippen LogP contribution is -2.30. The van der Waals surface area contributed by atoms with Crippen LogP contribution in [0, 0.1) is 5.92 Å². The third-order valence-corrected chi connectivity index (χ3v) is 20.7. The van der Waals surface area contributed by atoms with Crippen molar-refractivity contribution in [2.75, 3.05) is 39.6 Å². The Hall–Kier alpha value is -1.94. The number of phosphoric ester groups is 2. The first-order valence-electron chi connectivity index (χ1n) is 41.6. The quantitative estimate of drug-likeness (QED) is 0.0222. The lowest BCUT2D eigenvalue weighted by atomic mass is 10.0. The van der Waals surface area contributed by atoms with Gasteiger partial charge in [-0.05, 0) is 31.6 Å². The number of unbranched alkanes of at least 4 members (excludes halogenated alkanes) is 52. The molecule has 3 N–H and O–H groups in total. The number of carbonyl (C=O) groups is 4. The Morgan fingerprint density at radius 1 is 0.273 bits per heavy atom. The van der Waals surface area contributed by atoms with Gasteiger partial charge in [-0.3, -0.25) is 37.3 Å². The molecular weight excluding hydrogens is 1290 g/mol. The number of ether oxygens (including phenoxy) is 4. The number of aliphatic hydroxyl groups excluding tert-OH is 1. The lowest BCUT2D eigenvalue weighted by molar-refractivity contribution is -0.161. The van der Waals surface area contributed by atoms with Crippen molar-refractivity contribution in [2.24, 2.45) is 5.92 Å². The van der Waals surface area contributed by atoms with Crippen LogP contribution in [0.25, 0.3) is 0 Å². The fourth-order valence-electron chi connectivity index (χ4n) is 12.4. The maximum absolute atomic E-state index is 13.1. The molecule has 0 heterocycles. The number of hydrogen-bond donors (Lipinski definition) is 3. The Morgan fingerprint density at radius 3 is 0.687 bits per heavy atom. The maximum atomic E-state index is 13.1. The molecule has 0 fully saturated rings. The highest BCUT2D eigenvalue weighted by Gasteiger charge is 2.30. The highest BCUT2D eigenvalue weighted by molar-refractivity contribution is 7.47. The molecule has 0 aliphatic rings. The normalized spacial score (nSPS) is 13.9. The second-order valence-corrected chi connectivity index (χ2v) is 32.2. The van der Waals surface area contributed by atoms with Gasteiger partial charge in [-0.2, -0.15) is 0 Å². The lowest BCUT2D eigenvalue weighted by Gasteiger charge is -2.21. The van der Waals surface area contributed by atoms with Crippen LogP contribution < -0.4 is 0 Å². The number of rotatable bonds is 80. The predicted octanol–water partition coefficient (Wildman–Crippen LogP) is 24.0. The first-order valence-corrected chi connectivity index (χ1v) is 44.6. The van der Waals surface area contributed by atoms with E-state index < -0.39 is 97.5 Å². The van der Waals surface area contributed by atoms with E-state index in [0.29, 0.717) is 25.7 Å². The number of carbonyl (C=O) groups excluding carboxylic acids is 4.